The maximum absolute atomic E-state index is 3.84. The van der Waals surface area contributed by atoms with Gasteiger partial charge in [-0.2, -0.15) is 0 Å². The van der Waals surface area contributed by atoms with E-state index in [1.165, 1.54) is 5.56 Å². The fraction of sp³-hybridized carbons (Fsp3) is 0.125. The molecular formula is C16H19N. The zero-order valence-electron chi connectivity index (χ0n) is 10.5. The zero-order chi connectivity index (χ0) is 12.7. The predicted octanol–water partition coefficient (Wildman–Crippen LogP) is 4.92. The third-order valence-electron chi connectivity index (χ3n) is 2.41. The number of H-pyrrole nitrogens is 1. The minimum Gasteiger partial charge on any atom is -0.355 e. The van der Waals surface area contributed by atoms with Crippen LogP contribution in [0.2, 0.25) is 0 Å². The van der Waals surface area contributed by atoms with E-state index in [4.69, 9.17) is 0 Å². The molecule has 0 aliphatic rings. The van der Waals surface area contributed by atoms with E-state index in [0.717, 1.165) is 17.0 Å². The molecule has 1 aromatic heterocycles. The van der Waals surface area contributed by atoms with Crippen molar-refractivity contribution in [3.8, 4) is 0 Å². The summed E-state index contributed by atoms with van der Waals surface area (Å²) >= 11 is 0. The van der Waals surface area contributed by atoms with Crippen molar-refractivity contribution in [1.29, 1.82) is 0 Å². The number of allylic oxidation sites excluding steroid dienone is 4. The van der Waals surface area contributed by atoms with Gasteiger partial charge in [-0.3, -0.25) is 0 Å². The van der Waals surface area contributed by atoms with Gasteiger partial charge in [0.05, 0.1) is 0 Å². The lowest BCUT2D eigenvalue weighted by atomic mass is 10.1. The molecule has 0 saturated carbocycles. The molecule has 0 amide bonds. The first kappa shape index (κ1) is 13.0. The number of aromatic amines is 1. The second-order valence-electron chi connectivity index (χ2n) is 3.58. The Morgan fingerprint density at radius 3 is 2.06 bits per heavy atom. The van der Waals surface area contributed by atoms with Crippen LogP contribution in [-0.2, 0) is 0 Å². The van der Waals surface area contributed by atoms with Gasteiger partial charge in [-0.15, -0.1) is 0 Å². The molecule has 0 radical (unpaired) electrons. The van der Waals surface area contributed by atoms with Gasteiger partial charge in [0.2, 0.25) is 0 Å². The first-order valence-electron chi connectivity index (χ1n) is 5.71. The van der Waals surface area contributed by atoms with E-state index in [1.54, 1.807) is 6.08 Å². The van der Waals surface area contributed by atoms with Gasteiger partial charge in [-0.1, -0.05) is 49.6 Å². The van der Waals surface area contributed by atoms with E-state index in [1.807, 2.05) is 44.2 Å². The Morgan fingerprint density at radius 1 is 0.882 bits per heavy atom. The molecule has 1 N–H and O–H groups in total. The molecule has 17 heavy (non-hydrogen) atoms. The SMILES string of the molecule is C=C/C=C\c1c(C=C)[nH]c(/C=C\C)c1/C=C\C. The van der Waals surface area contributed by atoms with Crippen LogP contribution < -0.4 is 0 Å². The van der Waals surface area contributed by atoms with Crippen LogP contribution in [0.1, 0.15) is 36.4 Å². The standard InChI is InChI=1S/C16H19N/c1-5-9-12-14-13(10-6-2)16(11-7-3)17-15(14)8-4/h5-12,17H,1,4H2,2-3H3/b10-6-,11-7-,12-9-. The van der Waals surface area contributed by atoms with Gasteiger partial charge >= 0.3 is 0 Å². The van der Waals surface area contributed by atoms with Crippen molar-refractivity contribution in [2.75, 3.05) is 0 Å². The summed E-state index contributed by atoms with van der Waals surface area (Å²) in [5.74, 6) is 0. The van der Waals surface area contributed by atoms with E-state index >= 15 is 0 Å². The maximum atomic E-state index is 3.84. The van der Waals surface area contributed by atoms with Gasteiger partial charge in [0.1, 0.15) is 0 Å². The Hall–Kier alpha value is -2.02. The monoisotopic (exact) mass is 225 g/mol. The summed E-state index contributed by atoms with van der Waals surface area (Å²) in [5.41, 5.74) is 4.46. The summed E-state index contributed by atoms with van der Waals surface area (Å²) in [5, 5.41) is 0. The number of hydrogen-bond acceptors (Lipinski definition) is 0. The fourth-order valence-corrected chi connectivity index (χ4v) is 1.72. The van der Waals surface area contributed by atoms with Crippen LogP contribution in [-0.4, -0.2) is 4.98 Å². The van der Waals surface area contributed by atoms with Crippen LogP contribution in [0.25, 0.3) is 24.3 Å². The van der Waals surface area contributed by atoms with Crippen molar-refractivity contribution in [1.82, 2.24) is 4.98 Å². The Morgan fingerprint density at radius 2 is 1.53 bits per heavy atom. The number of aromatic nitrogens is 1. The van der Waals surface area contributed by atoms with Crippen LogP contribution in [0, 0.1) is 0 Å². The fourth-order valence-electron chi connectivity index (χ4n) is 1.72. The largest absolute Gasteiger partial charge is 0.355 e. The van der Waals surface area contributed by atoms with Crippen molar-refractivity contribution in [2.24, 2.45) is 0 Å². The lowest BCUT2D eigenvalue weighted by molar-refractivity contribution is 1.34. The molecule has 0 bridgehead atoms. The predicted molar refractivity (Wildman–Crippen MR) is 79.5 cm³/mol. The average molecular weight is 225 g/mol. The van der Waals surface area contributed by atoms with Crippen molar-refractivity contribution >= 4 is 24.3 Å². The molecule has 0 fully saturated rings. The summed E-state index contributed by atoms with van der Waals surface area (Å²) in [6.45, 7) is 11.6. The van der Waals surface area contributed by atoms with E-state index in [-0.39, 0.29) is 0 Å². The van der Waals surface area contributed by atoms with Crippen LogP contribution in [0.4, 0.5) is 0 Å². The van der Waals surface area contributed by atoms with Crippen molar-refractivity contribution in [3.63, 3.8) is 0 Å². The molecule has 1 heterocycles. The highest BCUT2D eigenvalue weighted by Gasteiger charge is 2.08. The van der Waals surface area contributed by atoms with Crippen LogP contribution >= 0.6 is 0 Å². The number of nitrogens with one attached hydrogen (secondary N) is 1. The van der Waals surface area contributed by atoms with Gasteiger partial charge in [0, 0.05) is 22.5 Å². The van der Waals surface area contributed by atoms with Gasteiger partial charge in [-0.25, -0.2) is 0 Å². The Balaban J connectivity index is 3.45. The number of rotatable bonds is 5. The third kappa shape index (κ3) is 2.97. The second-order valence-corrected chi connectivity index (χ2v) is 3.58. The molecule has 0 aromatic carbocycles. The smallest absolute Gasteiger partial charge is 0.0461 e. The lowest BCUT2D eigenvalue weighted by Crippen LogP contribution is -1.78. The minimum atomic E-state index is 1.03. The van der Waals surface area contributed by atoms with Crippen molar-refractivity contribution < 1.29 is 0 Å². The molecule has 1 aromatic rings. The summed E-state index contributed by atoms with van der Waals surface area (Å²) < 4.78 is 0. The van der Waals surface area contributed by atoms with E-state index in [2.05, 4.69) is 30.3 Å². The Labute approximate surface area is 104 Å². The topological polar surface area (TPSA) is 15.8 Å². The molecule has 0 atom stereocenters. The van der Waals surface area contributed by atoms with Crippen LogP contribution in [0.5, 0.6) is 0 Å². The quantitative estimate of drug-likeness (QED) is 0.684. The molecule has 0 aliphatic carbocycles. The maximum Gasteiger partial charge on any atom is 0.0461 e. The molecule has 0 unspecified atom stereocenters. The molecule has 0 saturated heterocycles. The lowest BCUT2D eigenvalue weighted by Gasteiger charge is -1.95. The zero-order valence-corrected chi connectivity index (χ0v) is 10.5. The highest BCUT2D eigenvalue weighted by Crippen LogP contribution is 2.24. The molecule has 1 rings (SSSR count). The second kappa shape index (κ2) is 6.54. The summed E-state index contributed by atoms with van der Waals surface area (Å²) in [7, 11) is 0. The molecule has 1 nitrogen and oxygen atoms in total. The van der Waals surface area contributed by atoms with Crippen molar-refractivity contribution in [3.05, 3.63) is 60.0 Å². The van der Waals surface area contributed by atoms with Crippen LogP contribution in [0.3, 0.4) is 0 Å². The summed E-state index contributed by atoms with van der Waals surface area (Å²) in [6.07, 6.45) is 15.8. The Bertz CT molecular complexity index is 482. The first-order valence-corrected chi connectivity index (χ1v) is 5.71. The minimum absolute atomic E-state index is 1.03. The first-order chi connectivity index (χ1) is 8.28. The highest BCUT2D eigenvalue weighted by molar-refractivity contribution is 5.78. The third-order valence-corrected chi connectivity index (χ3v) is 2.41. The van der Waals surface area contributed by atoms with Crippen molar-refractivity contribution in [2.45, 2.75) is 13.8 Å². The molecule has 0 spiro atoms. The van der Waals surface area contributed by atoms with Gasteiger partial charge in [0.25, 0.3) is 0 Å². The Kier molecular flexibility index (Phi) is 5.02. The van der Waals surface area contributed by atoms with Gasteiger partial charge in [-0.05, 0) is 26.0 Å². The van der Waals surface area contributed by atoms with E-state index in [0.29, 0.717) is 0 Å². The average Bonchev–Trinajstić information content (AvgIpc) is 2.66. The molecular weight excluding hydrogens is 206 g/mol. The van der Waals surface area contributed by atoms with Gasteiger partial charge in [0.15, 0.2) is 0 Å². The van der Waals surface area contributed by atoms with E-state index < -0.39 is 0 Å². The summed E-state index contributed by atoms with van der Waals surface area (Å²) in [4.78, 5) is 3.35. The highest BCUT2D eigenvalue weighted by atomic mass is 14.7. The molecule has 1 heteroatoms. The van der Waals surface area contributed by atoms with Crippen LogP contribution in [0.15, 0.2) is 37.5 Å². The summed E-state index contributed by atoms with van der Waals surface area (Å²) in [6, 6.07) is 0. The normalized spacial score (nSPS) is 11.9. The molecule has 88 valence electrons. The number of hydrogen-bond donors (Lipinski definition) is 1. The van der Waals surface area contributed by atoms with E-state index in [9.17, 15) is 0 Å². The molecule has 0 aliphatic heterocycles. The van der Waals surface area contributed by atoms with Gasteiger partial charge < -0.3 is 4.98 Å².